The maximum absolute atomic E-state index is 12.4. The highest BCUT2D eigenvalue weighted by Crippen LogP contribution is 2.32. The predicted octanol–water partition coefficient (Wildman–Crippen LogP) is 4.02. The van der Waals surface area contributed by atoms with E-state index in [1.54, 1.807) is 25.1 Å². The number of ether oxygens (including phenoxy) is 1. The van der Waals surface area contributed by atoms with E-state index in [9.17, 15) is 9.59 Å². The summed E-state index contributed by atoms with van der Waals surface area (Å²) in [6.45, 7) is 3.73. The first-order valence-electron chi connectivity index (χ1n) is 8.91. The van der Waals surface area contributed by atoms with Crippen LogP contribution in [0.3, 0.4) is 0 Å². The average Bonchev–Trinajstić information content (AvgIpc) is 3.11. The van der Waals surface area contributed by atoms with Crippen molar-refractivity contribution < 1.29 is 14.3 Å². The Kier molecular flexibility index (Phi) is 4.83. The number of rotatable bonds is 4. The Morgan fingerprint density at radius 3 is 2.96 bits per heavy atom. The molecule has 2 aromatic carbocycles. The fourth-order valence-electron chi connectivity index (χ4n) is 2.96. The number of amides is 2. The maximum Gasteiger partial charge on any atom is 0.265 e. The van der Waals surface area contributed by atoms with Crippen LogP contribution in [-0.2, 0) is 16.0 Å². The molecular weight excluding hydrogens is 374 g/mol. The van der Waals surface area contributed by atoms with Crippen molar-refractivity contribution in [3.8, 4) is 16.3 Å². The average molecular weight is 393 g/mol. The number of carbonyl (C=O) groups excluding carboxylic acids is 2. The minimum atomic E-state index is -0.528. The standard InChI is InChI=1S/C21H19N3O3S/c1-12-4-3-5-14(8-12)21-23-16(11-28-21)10-19(25)22-15-6-7-18-17(9-15)24-20(26)13(2)27-18/h3-9,11,13H,10H2,1-2H3,(H,22,25)(H,24,26). The SMILES string of the molecule is Cc1cccc(-c2nc(CC(=O)Nc3ccc4c(c3)NC(=O)C(C)O4)cs2)c1. The monoisotopic (exact) mass is 393 g/mol. The summed E-state index contributed by atoms with van der Waals surface area (Å²) in [6.07, 6.45) is -0.348. The summed E-state index contributed by atoms with van der Waals surface area (Å²) in [4.78, 5) is 28.7. The molecule has 1 aliphatic rings. The van der Waals surface area contributed by atoms with Crippen LogP contribution < -0.4 is 15.4 Å². The molecular formula is C21H19N3O3S. The van der Waals surface area contributed by atoms with Gasteiger partial charge in [0, 0.05) is 16.6 Å². The summed E-state index contributed by atoms with van der Waals surface area (Å²) in [5, 5.41) is 8.42. The van der Waals surface area contributed by atoms with E-state index >= 15 is 0 Å². The third-order valence-electron chi connectivity index (χ3n) is 4.35. The number of carbonyl (C=O) groups is 2. The van der Waals surface area contributed by atoms with Crippen LogP contribution in [0.2, 0.25) is 0 Å². The van der Waals surface area contributed by atoms with Crippen LogP contribution in [0.1, 0.15) is 18.2 Å². The molecule has 28 heavy (non-hydrogen) atoms. The third-order valence-corrected chi connectivity index (χ3v) is 5.29. The zero-order chi connectivity index (χ0) is 19.7. The normalized spacial score (nSPS) is 15.4. The highest BCUT2D eigenvalue weighted by molar-refractivity contribution is 7.13. The Bertz CT molecular complexity index is 1060. The molecule has 4 rings (SSSR count). The minimum absolute atomic E-state index is 0.169. The lowest BCUT2D eigenvalue weighted by atomic mass is 10.1. The highest BCUT2D eigenvalue weighted by Gasteiger charge is 2.23. The van der Waals surface area contributed by atoms with E-state index in [1.807, 2.05) is 30.5 Å². The van der Waals surface area contributed by atoms with Crippen molar-refractivity contribution >= 4 is 34.5 Å². The maximum atomic E-state index is 12.4. The molecule has 0 saturated heterocycles. The molecule has 0 fully saturated rings. The van der Waals surface area contributed by atoms with Gasteiger partial charge < -0.3 is 15.4 Å². The van der Waals surface area contributed by atoms with Gasteiger partial charge in [0.1, 0.15) is 10.8 Å². The van der Waals surface area contributed by atoms with Crippen molar-refractivity contribution in [1.82, 2.24) is 4.98 Å². The van der Waals surface area contributed by atoms with Gasteiger partial charge in [-0.2, -0.15) is 0 Å². The zero-order valence-corrected chi connectivity index (χ0v) is 16.3. The van der Waals surface area contributed by atoms with Gasteiger partial charge in [-0.15, -0.1) is 11.3 Å². The summed E-state index contributed by atoms with van der Waals surface area (Å²) in [7, 11) is 0. The molecule has 2 amide bonds. The number of anilines is 2. The van der Waals surface area contributed by atoms with Gasteiger partial charge in [-0.3, -0.25) is 9.59 Å². The molecule has 1 aromatic heterocycles. The largest absolute Gasteiger partial charge is 0.479 e. The second-order valence-corrected chi connectivity index (χ2v) is 7.56. The Balaban J connectivity index is 1.43. The van der Waals surface area contributed by atoms with Crippen LogP contribution in [0, 0.1) is 6.92 Å². The van der Waals surface area contributed by atoms with Gasteiger partial charge in [0.15, 0.2) is 6.10 Å². The molecule has 7 heteroatoms. The first-order chi connectivity index (χ1) is 13.5. The number of thiazole rings is 1. The van der Waals surface area contributed by atoms with Crippen LogP contribution in [0.15, 0.2) is 47.8 Å². The molecule has 0 radical (unpaired) electrons. The molecule has 6 nitrogen and oxygen atoms in total. The lowest BCUT2D eigenvalue weighted by molar-refractivity contribution is -0.122. The first kappa shape index (κ1) is 18.2. The second-order valence-electron chi connectivity index (χ2n) is 6.70. The number of aryl methyl sites for hydroxylation is 1. The molecule has 0 saturated carbocycles. The van der Waals surface area contributed by atoms with Crippen molar-refractivity contribution in [3.63, 3.8) is 0 Å². The molecule has 1 aliphatic heterocycles. The van der Waals surface area contributed by atoms with Crippen molar-refractivity contribution in [2.45, 2.75) is 26.4 Å². The van der Waals surface area contributed by atoms with E-state index in [4.69, 9.17) is 4.74 Å². The van der Waals surface area contributed by atoms with Gasteiger partial charge in [-0.1, -0.05) is 23.8 Å². The quantitative estimate of drug-likeness (QED) is 0.702. The number of aromatic nitrogens is 1. The fourth-order valence-corrected chi connectivity index (χ4v) is 3.77. The van der Waals surface area contributed by atoms with Gasteiger partial charge in [0.25, 0.3) is 5.91 Å². The zero-order valence-electron chi connectivity index (χ0n) is 15.5. The summed E-state index contributed by atoms with van der Waals surface area (Å²) in [6, 6.07) is 13.3. The van der Waals surface area contributed by atoms with Crippen molar-refractivity contribution in [3.05, 3.63) is 59.1 Å². The van der Waals surface area contributed by atoms with Crippen molar-refractivity contribution in [2.75, 3.05) is 10.6 Å². The minimum Gasteiger partial charge on any atom is -0.479 e. The van der Waals surface area contributed by atoms with Gasteiger partial charge >= 0.3 is 0 Å². The predicted molar refractivity (Wildman–Crippen MR) is 110 cm³/mol. The topological polar surface area (TPSA) is 80.3 Å². The number of hydrogen-bond donors (Lipinski definition) is 2. The fraction of sp³-hybridized carbons (Fsp3) is 0.190. The molecule has 1 atom stereocenters. The molecule has 0 bridgehead atoms. The van der Waals surface area contributed by atoms with Gasteiger partial charge in [-0.05, 0) is 38.1 Å². The van der Waals surface area contributed by atoms with Crippen LogP contribution in [-0.4, -0.2) is 22.9 Å². The third kappa shape index (κ3) is 3.89. The molecule has 0 spiro atoms. The van der Waals surface area contributed by atoms with E-state index < -0.39 is 6.10 Å². The van der Waals surface area contributed by atoms with E-state index in [2.05, 4.69) is 21.7 Å². The van der Waals surface area contributed by atoms with Crippen molar-refractivity contribution in [2.24, 2.45) is 0 Å². The molecule has 2 N–H and O–H groups in total. The number of fused-ring (bicyclic) bond motifs is 1. The summed E-state index contributed by atoms with van der Waals surface area (Å²) in [5.41, 5.74) is 4.09. The molecule has 0 aliphatic carbocycles. The molecule has 2 heterocycles. The molecule has 142 valence electrons. The Hall–Kier alpha value is -3.19. The smallest absolute Gasteiger partial charge is 0.265 e. The van der Waals surface area contributed by atoms with Crippen LogP contribution >= 0.6 is 11.3 Å². The summed E-state index contributed by atoms with van der Waals surface area (Å²) in [5.74, 6) is 0.215. The van der Waals surface area contributed by atoms with Crippen LogP contribution in [0.4, 0.5) is 11.4 Å². The Morgan fingerprint density at radius 1 is 1.29 bits per heavy atom. The number of hydrogen-bond acceptors (Lipinski definition) is 5. The lowest BCUT2D eigenvalue weighted by Gasteiger charge is -2.23. The summed E-state index contributed by atoms with van der Waals surface area (Å²) >= 11 is 1.52. The van der Waals surface area contributed by atoms with E-state index in [1.165, 1.54) is 16.9 Å². The lowest BCUT2D eigenvalue weighted by Crippen LogP contribution is -2.34. The summed E-state index contributed by atoms with van der Waals surface area (Å²) < 4.78 is 5.52. The highest BCUT2D eigenvalue weighted by atomic mass is 32.1. The Morgan fingerprint density at radius 2 is 2.14 bits per heavy atom. The van der Waals surface area contributed by atoms with Crippen LogP contribution in [0.25, 0.3) is 10.6 Å². The number of nitrogens with one attached hydrogen (secondary N) is 2. The number of nitrogens with zero attached hydrogens (tertiary/aromatic N) is 1. The van der Waals surface area contributed by atoms with E-state index in [0.29, 0.717) is 17.1 Å². The van der Waals surface area contributed by atoms with E-state index in [0.717, 1.165) is 16.3 Å². The molecule has 3 aromatic rings. The van der Waals surface area contributed by atoms with Gasteiger partial charge in [-0.25, -0.2) is 4.98 Å². The van der Waals surface area contributed by atoms with E-state index in [-0.39, 0.29) is 18.2 Å². The Labute approximate surface area is 166 Å². The number of benzene rings is 2. The van der Waals surface area contributed by atoms with Gasteiger partial charge in [0.05, 0.1) is 17.8 Å². The molecule has 1 unspecified atom stereocenters. The second kappa shape index (κ2) is 7.44. The van der Waals surface area contributed by atoms with Crippen molar-refractivity contribution in [1.29, 1.82) is 0 Å². The first-order valence-corrected chi connectivity index (χ1v) is 9.79. The van der Waals surface area contributed by atoms with Crippen LogP contribution in [0.5, 0.6) is 5.75 Å². The van der Waals surface area contributed by atoms with Gasteiger partial charge in [0.2, 0.25) is 5.91 Å².